The SMILES string of the molecule is CCCCC/C=C/CCC[C@@H](N)C(=O)OC.O=C(O)C(F)(F)F. The van der Waals surface area contributed by atoms with Gasteiger partial charge in [-0.3, -0.25) is 4.79 Å². The van der Waals surface area contributed by atoms with E-state index < -0.39 is 18.2 Å². The van der Waals surface area contributed by atoms with Crippen LogP contribution in [0, 0.1) is 0 Å². The van der Waals surface area contributed by atoms with Crippen LogP contribution in [-0.2, 0) is 14.3 Å². The zero-order valence-electron chi connectivity index (χ0n) is 13.6. The molecular weight excluding hydrogens is 315 g/mol. The molecule has 8 heteroatoms. The third-order valence-electron chi connectivity index (χ3n) is 2.77. The van der Waals surface area contributed by atoms with Gasteiger partial charge in [-0.25, -0.2) is 4.79 Å². The fourth-order valence-electron chi connectivity index (χ4n) is 1.47. The predicted octanol–water partition coefficient (Wildman–Crippen LogP) is 3.43. The van der Waals surface area contributed by atoms with Crippen LogP contribution in [-0.4, -0.2) is 36.4 Å². The molecule has 0 aromatic rings. The molecule has 0 rings (SSSR count). The van der Waals surface area contributed by atoms with E-state index in [1.165, 1.54) is 26.4 Å². The van der Waals surface area contributed by atoms with Crippen LogP contribution in [0.4, 0.5) is 13.2 Å². The first kappa shape index (κ1) is 23.7. The van der Waals surface area contributed by atoms with Crippen molar-refractivity contribution >= 4 is 11.9 Å². The number of carbonyl (C=O) groups is 2. The molecule has 23 heavy (non-hydrogen) atoms. The van der Waals surface area contributed by atoms with Crippen molar-refractivity contribution in [3.05, 3.63) is 12.2 Å². The number of unbranched alkanes of at least 4 members (excludes halogenated alkanes) is 4. The molecule has 0 saturated heterocycles. The first-order valence-corrected chi connectivity index (χ1v) is 7.45. The summed E-state index contributed by atoms with van der Waals surface area (Å²) in [6.45, 7) is 2.21. The molecule has 0 amide bonds. The highest BCUT2D eigenvalue weighted by Crippen LogP contribution is 2.13. The molecule has 0 aliphatic rings. The molecule has 1 atom stereocenters. The maximum atomic E-state index is 11.0. The molecule has 0 aliphatic heterocycles. The van der Waals surface area contributed by atoms with E-state index in [9.17, 15) is 18.0 Å². The van der Waals surface area contributed by atoms with Gasteiger partial charge in [-0.15, -0.1) is 0 Å². The van der Waals surface area contributed by atoms with Crippen LogP contribution in [0.5, 0.6) is 0 Å². The fraction of sp³-hybridized carbons (Fsp3) is 0.733. The number of hydrogen-bond acceptors (Lipinski definition) is 4. The Balaban J connectivity index is 0. The van der Waals surface area contributed by atoms with Gasteiger partial charge in [-0.2, -0.15) is 13.2 Å². The van der Waals surface area contributed by atoms with Crippen molar-refractivity contribution in [2.75, 3.05) is 7.11 Å². The Morgan fingerprint density at radius 1 is 1.17 bits per heavy atom. The normalized spacial score (nSPS) is 12.4. The van der Waals surface area contributed by atoms with Crippen molar-refractivity contribution in [1.29, 1.82) is 0 Å². The quantitative estimate of drug-likeness (QED) is 0.381. The molecule has 136 valence electrons. The zero-order valence-corrected chi connectivity index (χ0v) is 13.6. The van der Waals surface area contributed by atoms with E-state index in [2.05, 4.69) is 23.8 Å². The van der Waals surface area contributed by atoms with Gasteiger partial charge >= 0.3 is 18.1 Å². The molecule has 0 heterocycles. The summed E-state index contributed by atoms with van der Waals surface area (Å²) < 4.78 is 36.3. The van der Waals surface area contributed by atoms with Gasteiger partial charge in [0.1, 0.15) is 6.04 Å². The summed E-state index contributed by atoms with van der Waals surface area (Å²) in [5, 5.41) is 7.12. The number of esters is 1. The summed E-state index contributed by atoms with van der Waals surface area (Å²) in [4.78, 5) is 19.9. The average molecular weight is 341 g/mol. The van der Waals surface area contributed by atoms with Gasteiger partial charge in [0.15, 0.2) is 0 Å². The van der Waals surface area contributed by atoms with E-state index >= 15 is 0 Å². The molecule has 0 fully saturated rings. The minimum absolute atomic E-state index is 0.313. The summed E-state index contributed by atoms with van der Waals surface area (Å²) >= 11 is 0. The summed E-state index contributed by atoms with van der Waals surface area (Å²) in [5.74, 6) is -3.07. The number of nitrogens with two attached hydrogens (primary N) is 1. The molecule has 5 nitrogen and oxygen atoms in total. The van der Waals surface area contributed by atoms with Crippen LogP contribution in [0.2, 0.25) is 0 Å². The van der Waals surface area contributed by atoms with E-state index in [1.54, 1.807) is 0 Å². The average Bonchev–Trinajstić information content (AvgIpc) is 2.48. The number of hydrogen-bond donors (Lipinski definition) is 2. The predicted molar refractivity (Wildman–Crippen MR) is 80.8 cm³/mol. The summed E-state index contributed by atoms with van der Waals surface area (Å²) in [7, 11) is 1.37. The Morgan fingerprint density at radius 2 is 1.65 bits per heavy atom. The number of ether oxygens (including phenoxy) is 1. The number of methoxy groups -OCH3 is 1. The summed E-state index contributed by atoms with van der Waals surface area (Å²) in [6.07, 6.45) is 6.97. The Morgan fingerprint density at radius 3 is 2.04 bits per heavy atom. The molecular formula is C15H26F3NO4. The second-order valence-corrected chi connectivity index (χ2v) is 4.83. The van der Waals surface area contributed by atoms with Crippen LogP contribution in [0.15, 0.2) is 12.2 Å². The lowest BCUT2D eigenvalue weighted by Gasteiger charge is -2.07. The van der Waals surface area contributed by atoms with Gasteiger partial charge in [0.2, 0.25) is 0 Å². The Bertz CT molecular complexity index is 357. The van der Waals surface area contributed by atoms with Crippen molar-refractivity contribution in [2.45, 2.75) is 64.1 Å². The maximum absolute atomic E-state index is 11.0. The highest BCUT2D eigenvalue weighted by molar-refractivity contribution is 5.75. The third-order valence-corrected chi connectivity index (χ3v) is 2.77. The number of allylic oxidation sites excluding steroid dienone is 2. The van der Waals surface area contributed by atoms with Crippen LogP contribution in [0.1, 0.15) is 51.9 Å². The standard InChI is InChI=1S/C13H25NO2.C2HF3O2/c1-3-4-5-6-7-8-9-10-11-12(14)13(15)16-2;3-2(4,5)1(6)7/h7-8,12H,3-6,9-11,14H2,1-2H3;(H,6,7)/b8-7+;/t12-;/m1./s1. The smallest absolute Gasteiger partial charge is 0.475 e. The van der Waals surface area contributed by atoms with E-state index in [0.29, 0.717) is 6.42 Å². The number of alkyl halides is 3. The van der Waals surface area contributed by atoms with Gasteiger partial charge < -0.3 is 15.6 Å². The molecule has 3 N–H and O–H groups in total. The van der Waals surface area contributed by atoms with Gasteiger partial charge in [0, 0.05) is 0 Å². The van der Waals surface area contributed by atoms with Crippen LogP contribution >= 0.6 is 0 Å². The van der Waals surface area contributed by atoms with Gasteiger partial charge in [0.25, 0.3) is 0 Å². The van der Waals surface area contributed by atoms with E-state index in [4.69, 9.17) is 15.6 Å². The highest BCUT2D eigenvalue weighted by Gasteiger charge is 2.38. The number of carbonyl (C=O) groups excluding carboxylic acids is 1. The van der Waals surface area contributed by atoms with Crippen LogP contribution in [0.3, 0.4) is 0 Å². The first-order valence-electron chi connectivity index (χ1n) is 7.45. The topological polar surface area (TPSA) is 89.6 Å². The second-order valence-electron chi connectivity index (χ2n) is 4.83. The fourth-order valence-corrected chi connectivity index (χ4v) is 1.47. The number of halogens is 3. The number of carboxylic acids is 1. The number of aliphatic carboxylic acids is 1. The van der Waals surface area contributed by atoms with Crippen molar-refractivity contribution in [2.24, 2.45) is 5.73 Å². The third kappa shape index (κ3) is 16.6. The minimum atomic E-state index is -5.08. The summed E-state index contributed by atoms with van der Waals surface area (Å²) in [5.41, 5.74) is 5.61. The van der Waals surface area contributed by atoms with Crippen LogP contribution in [0.25, 0.3) is 0 Å². The Kier molecular flexibility index (Phi) is 14.5. The molecule has 0 saturated carbocycles. The lowest BCUT2D eigenvalue weighted by molar-refractivity contribution is -0.192. The van der Waals surface area contributed by atoms with Gasteiger partial charge in [0.05, 0.1) is 7.11 Å². The summed E-state index contributed by atoms with van der Waals surface area (Å²) in [6, 6.07) is -0.460. The van der Waals surface area contributed by atoms with Crippen molar-refractivity contribution in [1.82, 2.24) is 0 Å². The lowest BCUT2D eigenvalue weighted by atomic mass is 10.1. The zero-order chi connectivity index (χ0) is 18.3. The van der Waals surface area contributed by atoms with E-state index in [0.717, 1.165) is 19.3 Å². The van der Waals surface area contributed by atoms with Crippen molar-refractivity contribution in [3.63, 3.8) is 0 Å². The van der Waals surface area contributed by atoms with E-state index in [1.807, 2.05) is 0 Å². The molecule has 0 radical (unpaired) electrons. The minimum Gasteiger partial charge on any atom is -0.475 e. The van der Waals surface area contributed by atoms with Crippen molar-refractivity contribution in [3.8, 4) is 0 Å². The first-order chi connectivity index (χ1) is 10.7. The molecule has 0 aromatic heterocycles. The second kappa shape index (κ2) is 14.0. The van der Waals surface area contributed by atoms with E-state index in [-0.39, 0.29) is 5.97 Å². The monoisotopic (exact) mass is 341 g/mol. The van der Waals surface area contributed by atoms with Gasteiger partial charge in [-0.05, 0) is 32.1 Å². The highest BCUT2D eigenvalue weighted by atomic mass is 19.4. The Hall–Kier alpha value is -1.57. The number of rotatable bonds is 9. The Labute approximate surface area is 134 Å². The van der Waals surface area contributed by atoms with Gasteiger partial charge in [-0.1, -0.05) is 31.9 Å². The van der Waals surface area contributed by atoms with Crippen LogP contribution < -0.4 is 5.73 Å². The molecule has 0 bridgehead atoms. The maximum Gasteiger partial charge on any atom is 0.490 e. The molecule has 0 aliphatic carbocycles. The number of carboxylic acid groups (broad SMARTS) is 1. The molecule has 0 unspecified atom stereocenters. The van der Waals surface area contributed by atoms with Crippen molar-refractivity contribution < 1.29 is 32.6 Å². The molecule has 0 aromatic carbocycles. The molecule has 0 spiro atoms. The lowest BCUT2D eigenvalue weighted by Crippen LogP contribution is -2.31. The largest absolute Gasteiger partial charge is 0.490 e.